The van der Waals surface area contributed by atoms with Crippen LogP contribution in [0.25, 0.3) is 0 Å². The highest BCUT2D eigenvalue weighted by Crippen LogP contribution is 2.29. The summed E-state index contributed by atoms with van der Waals surface area (Å²) in [6.07, 6.45) is 3.52. The van der Waals surface area contributed by atoms with Gasteiger partial charge in [-0.15, -0.1) is 0 Å². The van der Waals surface area contributed by atoms with E-state index in [-0.39, 0.29) is 18.0 Å². The molecule has 1 aliphatic rings. The number of amides is 2. The third kappa shape index (κ3) is 3.91. The van der Waals surface area contributed by atoms with Gasteiger partial charge in [0.1, 0.15) is 6.04 Å². The van der Waals surface area contributed by atoms with E-state index in [1.54, 1.807) is 13.8 Å². The molecule has 5 heteroatoms. The minimum absolute atomic E-state index is 0.116. The second kappa shape index (κ2) is 5.89. The molecule has 98 valence electrons. The minimum Gasteiger partial charge on any atom is -0.480 e. The molecule has 2 atom stereocenters. The van der Waals surface area contributed by atoms with E-state index in [1.807, 2.05) is 6.92 Å². The molecule has 2 amide bonds. The van der Waals surface area contributed by atoms with Crippen molar-refractivity contribution in [2.75, 3.05) is 0 Å². The van der Waals surface area contributed by atoms with E-state index in [0.29, 0.717) is 5.92 Å². The molecule has 1 rings (SSSR count). The lowest BCUT2D eigenvalue weighted by molar-refractivity contribution is -0.140. The quantitative estimate of drug-likeness (QED) is 0.685. The molecule has 0 saturated heterocycles. The summed E-state index contributed by atoms with van der Waals surface area (Å²) in [4.78, 5) is 22.6. The van der Waals surface area contributed by atoms with E-state index in [4.69, 9.17) is 5.11 Å². The van der Waals surface area contributed by atoms with Gasteiger partial charge in [-0.2, -0.15) is 0 Å². The van der Waals surface area contributed by atoms with Crippen LogP contribution in [0, 0.1) is 11.8 Å². The van der Waals surface area contributed by atoms with Crippen LogP contribution in [-0.4, -0.2) is 29.2 Å². The van der Waals surface area contributed by atoms with Crippen LogP contribution in [0.1, 0.15) is 40.0 Å². The number of urea groups is 1. The lowest BCUT2D eigenvalue weighted by Crippen LogP contribution is -2.52. The minimum atomic E-state index is -0.994. The highest BCUT2D eigenvalue weighted by Gasteiger charge is 2.27. The zero-order valence-electron chi connectivity index (χ0n) is 10.7. The number of carboxylic acid groups (broad SMARTS) is 1. The number of hydrogen-bond acceptors (Lipinski definition) is 2. The van der Waals surface area contributed by atoms with Gasteiger partial charge in [-0.25, -0.2) is 9.59 Å². The Morgan fingerprint density at radius 3 is 2.12 bits per heavy atom. The molecule has 1 saturated carbocycles. The maximum Gasteiger partial charge on any atom is 0.326 e. The average molecular weight is 242 g/mol. The van der Waals surface area contributed by atoms with Gasteiger partial charge in [-0.3, -0.25) is 0 Å². The van der Waals surface area contributed by atoms with Crippen molar-refractivity contribution in [3.63, 3.8) is 0 Å². The van der Waals surface area contributed by atoms with E-state index >= 15 is 0 Å². The molecule has 0 bridgehead atoms. The van der Waals surface area contributed by atoms with Gasteiger partial charge < -0.3 is 15.7 Å². The van der Waals surface area contributed by atoms with Gasteiger partial charge in [0.25, 0.3) is 0 Å². The van der Waals surface area contributed by atoms with E-state index in [2.05, 4.69) is 10.6 Å². The molecule has 0 spiro atoms. The second-order valence-electron chi connectivity index (χ2n) is 5.16. The predicted molar refractivity (Wildman–Crippen MR) is 64.7 cm³/mol. The smallest absolute Gasteiger partial charge is 0.326 e. The van der Waals surface area contributed by atoms with Crippen molar-refractivity contribution in [1.82, 2.24) is 10.6 Å². The highest BCUT2D eigenvalue weighted by atomic mass is 16.4. The van der Waals surface area contributed by atoms with Crippen molar-refractivity contribution < 1.29 is 14.7 Å². The standard InChI is InChI=1S/C12H22N2O3/c1-7(2)10(11(15)16)14-12(17)13-8(3)9-5-4-6-9/h7-10H,4-6H2,1-3H3,(H,15,16)(H2,13,14,17)/t8?,10-/m1/s1. The number of rotatable bonds is 5. The first-order valence-electron chi connectivity index (χ1n) is 6.21. The Morgan fingerprint density at radius 2 is 1.76 bits per heavy atom. The Morgan fingerprint density at radius 1 is 1.18 bits per heavy atom. The third-order valence-corrected chi connectivity index (χ3v) is 3.44. The van der Waals surface area contributed by atoms with Crippen LogP contribution < -0.4 is 10.6 Å². The lowest BCUT2D eigenvalue weighted by atomic mass is 9.80. The number of carbonyl (C=O) groups excluding carboxylic acids is 1. The fourth-order valence-corrected chi connectivity index (χ4v) is 1.96. The Kier molecular flexibility index (Phi) is 4.78. The maximum atomic E-state index is 11.6. The van der Waals surface area contributed by atoms with Crippen molar-refractivity contribution in [3.8, 4) is 0 Å². The summed E-state index contributed by atoms with van der Waals surface area (Å²) in [5, 5.41) is 14.3. The van der Waals surface area contributed by atoms with Crippen LogP contribution in [0.3, 0.4) is 0 Å². The van der Waals surface area contributed by atoms with Crippen LogP contribution in [0.2, 0.25) is 0 Å². The van der Waals surface area contributed by atoms with Crippen LogP contribution in [0.4, 0.5) is 4.79 Å². The highest BCUT2D eigenvalue weighted by molar-refractivity contribution is 5.82. The Balaban J connectivity index is 2.38. The van der Waals surface area contributed by atoms with E-state index in [0.717, 1.165) is 12.8 Å². The van der Waals surface area contributed by atoms with Gasteiger partial charge in [0, 0.05) is 6.04 Å². The summed E-state index contributed by atoms with van der Waals surface area (Å²) in [5.74, 6) is -0.577. The van der Waals surface area contributed by atoms with Crippen LogP contribution in [0.15, 0.2) is 0 Å². The Bertz CT molecular complexity index is 287. The molecule has 17 heavy (non-hydrogen) atoms. The van der Waals surface area contributed by atoms with Gasteiger partial charge >= 0.3 is 12.0 Å². The lowest BCUT2D eigenvalue weighted by Gasteiger charge is -2.32. The number of nitrogens with one attached hydrogen (secondary N) is 2. The van der Waals surface area contributed by atoms with E-state index < -0.39 is 12.0 Å². The first-order chi connectivity index (χ1) is 7.91. The summed E-state index contributed by atoms with van der Waals surface area (Å²) >= 11 is 0. The van der Waals surface area contributed by atoms with Crippen molar-refractivity contribution in [1.29, 1.82) is 0 Å². The molecule has 0 aromatic heterocycles. The molecule has 1 fully saturated rings. The predicted octanol–water partition coefficient (Wildman–Crippen LogP) is 1.58. The van der Waals surface area contributed by atoms with Crippen LogP contribution >= 0.6 is 0 Å². The summed E-state index contributed by atoms with van der Waals surface area (Å²) in [6.45, 7) is 5.51. The van der Waals surface area contributed by atoms with Crippen LogP contribution in [0.5, 0.6) is 0 Å². The zero-order chi connectivity index (χ0) is 13.0. The zero-order valence-corrected chi connectivity index (χ0v) is 10.7. The van der Waals surface area contributed by atoms with E-state index in [9.17, 15) is 9.59 Å². The molecule has 1 unspecified atom stereocenters. The summed E-state index contributed by atoms with van der Waals surface area (Å²) in [7, 11) is 0. The molecule has 0 heterocycles. The van der Waals surface area contributed by atoms with Gasteiger partial charge in [-0.1, -0.05) is 20.3 Å². The largest absolute Gasteiger partial charge is 0.480 e. The monoisotopic (exact) mass is 242 g/mol. The third-order valence-electron chi connectivity index (χ3n) is 3.44. The summed E-state index contributed by atoms with van der Waals surface area (Å²) in [6, 6.07) is -1.10. The van der Waals surface area contributed by atoms with Crippen molar-refractivity contribution in [3.05, 3.63) is 0 Å². The number of carboxylic acids is 1. The molecule has 3 N–H and O–H groups in total. The first-order valence-corrected chi connectivity index (χ1v) is 6.21. The molecule has 0 aromatic rings. The fourth-order valence-electron chi connectivity index (χ4n) is 1.96. The fraction of sp³-hybridized carbons (Fsp3) is 0.833. The molecule has 0 aromatic carbocycles. The van der Waals surface area contributed by atoms with Gasteiger partial charge in [0.2, 0.25) is 0 Å². The van der Waals surface area contributed by atoms with Crippen molar-refractivity contribution in [2.45, 2.75) is 52.1 Å². The molecule has 0 radical (unpaired) electrons. The van der Waals surface area contributed by atoms with Crippen LogP contribution in [-0.2, 0) is 4.79 Å². The van der Waals surface area contributed by atoms with Gasteiger partial charge in [0.05, 0.1) is 0 Å². The molecule has 1 aliphatic carbocycles. The number of hydrogen-bond donors (Lipinski definition) is 3. The van der Waals surface area contributed by atoms with Gasteiger partial charge in [-0.05, 0) is 31.6 Å². The molecular formula is C12H22N2O3. The SMILES string of the molecule is CC(NC(=O)N[C@@H](C(=O)O)C(C)C)C1CCC1. The first kappa shape index (κ1) is 13.8. The van der Waals surface area contributed by atoms with E-state index in [1.165, 1.54) is 6.42 Å². The normalized spacial score (nSPS) is 19.3. The number of carbonyl (C=O) groups is 2. The average Bonchev–Trinajstić information content (AvgIpc) is 2.09. The molecular weight excluding hydrogens is 220 g/mol. The van der Waals surface area contributed by atoms with Crippen molar-refractivity contribution >= 4 is 12.0 Å². The van der Waals surface area contributed by atoms with Gasteiger partial charge in [0.15, 0.2) is 0 Å². The number of aliphatic carboxylic acids is 1. The molecule has 0 aliphatic heterocycles. The maximum absolute atomic E-state index is 11.6. The second-order valence-corrected chi connectivity index (χ2v) is 5.16. The molecule has 5 nitrogen and oxygen atoms in total. The summed E-state index contributed by atoms with van der Waals surface area (Å²) in [5.41, 5.74) is 0. The Hall–Kier alpha value is -1.26. The Labute approximate surface area is 102 Å². The van der Waals surface area contributed by atoms with Crippen molar-refractivity contribution in [2.24, 2.45) is 11.8 Å². The summed E-state index contributed by atoms with van der Waals surface area (Å²) < 4.78 is 0. The topological polar surface area (TPSA) is 78.4 Å².